The fraction of sp³-hybridized carbons (Fsp3) is 0.500. The van der Waals surface area contributed by atoms with E-state index in [9.17, 15) is 4.79 Å². The Morgan fingerprint density at radius 1 is 1.28 bits per heavy atom. The summed E-state index contributed by atoms with van der Waals surface area (Å²) in [6, 6.07) is 5.84. The molecule has 1 saturated carbocycles. The SMILES string of the molecule is C[C@@H](NC(=O)C1CC1)c1ccc2c(c1)OCCO2. The molecule has 1 aromatic rings. The molecule has 1 aliphatic heterocycles. The lowest BCUT2D eigenvalue weighted by Crippen LogP contribution is -2.28. The number of nitrogens with one attached hydrogen (secondary N) is 1. The molecular formula is C14H17NO3. The highest BCUT2D eigenvalue weighted by atomic mass is 16.6. The maximum absolute atomic E-state index is 11.7. The van der Waals surface area contributed by atoms with E-state index in [4.69, 9.17) is 9.47 Å². The lowest BCUT2D eigenvalue weighted by molar-refractivity contribution is -0.122. The van der Waals surface area contributed by atoms with Gasteiger partial charge in [-0.1, -0.05) is 6.07 Å². The molecule has 0 bridgehead atoms. The Morgan fingerprint density at radius 3 is 2.72 bits per heavy atom. The zero-order valence-electron chi connectivity index (χ0n) is 10.4. The predicted octanol–water partition coefficient (Wildman–Crippen LogP) is 2.04. The highest BCUT2D eigenvalue weighted by Crippen LogP contribution is 2.33. The fourth-order valence-electron chi connectivity index (χ4n) is 2.09. The fourth-order valence-corrected chi connectivity index (χ4v) is 2.09. The summed E-state index contributed by atoms with van der Waals surface area (Å²) in [7, 11) is 0. The van der Waals surface area contributed by atoms with E-state index in [-0.39, 0.29) is 17.9 Å². The van der Waals surface area contributed by atoms with Crippen molar-refractivity contribution in [2.75, 3.05) is 13.2 Å². The first kappa shape index (κ1) is 11.4. The van der Waals surface area contributed by atoms with Crippen molar-refractivity contribution in [3.8, 4) is 11.5 Å². The van der Waals surface area contributed by atoms with Crippen LogP contribution in [0.2, 0.25) is 0 Å². The molecule has 4 nitrogen and oxygen atoms in total. The third kappa shape index (κ3) is 2.28. The van der Waals surface area contributed by atoms with Gasteiger partial charge in [0.15, 0.2) is 11.5 Å². The molecule has 3 rings (SSSR count). The van der Waals surface area contributed by atoms with E-state index in [1.165, 1.54) is 0 Å². The molecule has 4 heteroatoms. The number of hydrogen-bond acceptors (Lipinski definition) is 3. The number of carbonyl (C=O) groups excluding carboxylic acids is 1. The summed E-state index contributed by atoms with van der Waals surface area (Å²) in [5, 5.41) is 3.03. The summed E-state index contributed by atoms with van der Waals surface area (Å²) in [4.78, 5) is 11.7. The largest absolute Gasteiger partial charge is 0.486 e. The predicted molar refractivity (Wildman–Crippen MR) is 66.7 cm³/mol. The van der Waals surface area contributed by atoms with Gasteiger partial charge in [-0.15, -0.1) is 0 Å². The van der Waals surface area contributed by atoms with Crippen molar-refractivity contribution >= 4 is 5.91 Å². The van der Waals surface area contributed by atoms with Gasteiger partial charge < -0.3 is 14.8 Å². The first-order valence-corrected chi connectivity index (χ1v) is 6.44. The highest BCUT2D eigenvalue weighted by Gasteiger charge is 2.30. The number of rotatable bonds is 3. The topological polar surface area (TPSA) is 47.6 Å². The smallest absolute Gasteiger partial charge is 0.223 e. The summed E-state index contributed by atoms with van der Waals surface area (Å²) < 4.78 is 11.0. The maximum Gasteiger partial charge on any atom is 0.223 e. The molecule has 1 atom stereocenters. The molecule has 1 N–H and O–H groups in total. The lowest BCUT2D eigenvalue weighted by atomic mass is 10.1. The van der Waals surface area contributed by atoms with Gasteiger partial charge in [0.25, 0.3) is 0 Å². The van der Waals surface area contributed by atoms with E-state index in [2.05, 4.69) is 5.32 Å². The quantitative estimate of drug-likeness (QED) is 0.889. The molecule has 1 amide bonds. The van der Waals surface area contributed by atoms with Crippen LogP contribution in [-0.4, -0.2) is 19.1 Å². The Hall–Kier alpha value is -1.71. The van der Waals surface area contributed by atoms with Gasteiger partial charge >= 0.3 is 0 Å². The zero-order chi connectivity index (χ0) is 12.5. The average Bonchev–Trinajstić information content (AvgIpc) is 3.22. The van der Waals surface area contributed by atoms with Gasteiger partial charge in [-0.2, -0.15) is 0 Å². The monoisotopic (exact) mass is 247 g/mol. The first-order valence-electron chi connectivity index (χ1n) is 6.44. The molecule has 1 heterocycles. The van der Waals surface area contributed by atoms with E-state index >= 15 is 0 Å². The summed E-state index contributed by atoms with van der Waals surface area (Å²) in [6.45, 7) is 3.17. The van der Waals surface area contributed by atoms with Crippen LogP contribution >= 0.6 is 0 Å². The first-order chi connectivity index (χ1) is 8.74. The molecule has 0 unspecified atom stereocenters. The Morgan fingerprint density at radius 2 is 2.00 bits per heavy atom. The molecule has 1 aliphatic carbocycles. The summed E-state index contributed by atoms with van der Waals surface area (Å²) in [5.41, 5.74) is 1.05. The second kappa shape index (κ2) is 4.52. The number of carbonyl (C=O) groups is 1. The van der Waals surface area contributed by atoms with Crippen LogP contribution in [-0.2, 0) is 4.79 Å². The van der Waals surface area contributed by atoms with Crippen LogP contribution in [0.3, 0.4) is 0 Å². The van der Waals surface area contributed by atoms with E-state index in [1.807, 2.05) is 25.1 Å². The number of ether oxygens (including phenoxy) is 2. The molecule has 1 aromatic carbocycles. The van der Waals surface area contributed by atoms with Crippen molar-refractivity contribution in [3.05, 3.63) is 23.8 Å². The van der Waals surface area contributed by atoms with Crippen LogP contribution in [0.5, 0.6) is 11.5 Å². The summed E-state index contributed by atoms with van der Waals surface area (Å²) in [5.74, 6) is 1.96. The normalized spacial score (nSPS) is 19.2. The van der Waals surface area contributed by atoms with Crippen molar-refractivity contribution in [1.82, 2.24) is 5.32 Å². The third-order valence-electron chi connectivity index (χ3n) is 3.37. The van der Waals surface area contributed by atoms with Gasteiger partial charge in [0.1, 0.15) is 13.2 Å². The highest BCUT2D eigenvalue weighted by molar-refractivity contribution is 5.81. The van der Waals surface area contributed by atoms with Crippen molar-refractivity contribution in [2.24, 2.45) is 5.92 Å². The minimum absolute atomic E-state index is 0.00827. The van der Waals surface area contributed by atoms with E-state index < -0.39 is 0 Å². The second-order valence-electron chi connectivity index (χ2n) is 4.91. The van der Waals surface area contributed by atoms with Crippen molar-refractivity contribution in [3.63, 3.8) is 0 Å². The second-order valence-corrected chi connectivity index (χ2v) is 4.91. The Balaban J connectivity index is 1.72. The minimum Gasteiger partial charge on any atom is -0.486 e. The minimum atomic E-state index is 0.00827. The van der Waals surface area contributed by atoms with Crippen LogP contribution in [0.1, 0.15) is 31.4 Å². The van der Waals surface area contributed by atoms with Gasteiger partial charge in [-0.05, 0) is 37.5 Å². The number of benzene rings is 1. The maximum atomic E-state index is 11.7. The molecule has 2 aliphatic rings. The number of fused-ring (bicyclic) bond motifs is 1. The molecule has 96 valence electrons. The average molecular weight is 247 g/mol. The molecule has 18 heavy (non-hydrogen) atoms. The van der Waals surface area contributed by atoms with E-state index in [0.29, 0.717) is 13.2 Å². The van der Waals surface area contributed by atoms with Crippen LogP contribution in [0.15, 0.2) is 18.2 Å². The summed E-state index contributed by atoms with van der Waals surface area (Å²) in [6.07, 6.45) is 2.05. The number of amides is 1. The Bertz CT molecular complexity index is 468. The zero-order valence-corrected chi connectivity index (χ0v) is 10.4. The van der Waals surface area contributed by atoms with E-state index in [0.717, 1.165) is 29.9 Å². The van der Waals surface area contributed by atoms with Gasteiger partial charge in [0.05, 0.1) is 6.04 Å². The molecule has 1 fully saturated rings. The number of hydrogen-bond donors (Lipinski definition) is 1. The standard InChI is InChI=1S/C14H17NO3/c1-9(15-14(16)10-2-3-10)11-4-5-12-13(8-11)18-7-6-17-12/h4-5,8-10H,2-3,6-7H2,1H3,(H,15,16)/t9-/m1/s1. The Labute approximate surface area is 106 Å². The molecule has 0 spiro atoms. The van der Waals surface area contributed by atoms with Gasteiger partial charge in [0, 0.05) is 5.92 Å². The van der Waals surface area contributed by atoms with Crippen molar-refractivity contribution in [1.29, 1.82) is 0 Å². The molecule has 0 aromatic heterocycles. The van der Waals surface area contributed by atoms with Crippen LogP contribution in [0.25, 0.3) is 0 Å². The van der Waals surface area contributed by atoms with Crippen molar-refractivity contribution < 1.29 is 14.3 Å². The van der Waals surface area contributed by atoms with Gasteiger partial charge in [-0.3, -0.25) is 4.79 Å². The Kier molecular flexibility index (Phi) is 2.86. The van der Waals surface area contributed by atoms with Crippen LogP contribution < -0.4 is 14.8 Å². The van der Waals surface area contributed by atoms with Gasteiger partial charge in [-0.25, -0.2) is 0 Å². The molecule has 0 saturated heterocycles. The molecule has 0 radical (unpaired) electrons. The molecular weight excluding hydrogens is 230 g/mol. The van der Waals surface area contributed by atoms with Crippen LogP contribution in [0.4, 0.5) is 0 Å². The van der Waals surface area contributed by atoms with E-state index in [1.54, 1.807) is 0 Å². The van der Waals surface area contributed by atoms with Crippen molar-refractivity contribution in [2.45, 2.75) is 25.8 Å². The summed E-state index contributed by atoms with van der Waals surface area (Å²) >= 11 is 0. The lowest BCUT2D eigenvalue weighted by Gasteiger charge is -2.21. The van der Waals surface area contributed by atoms with Crippen LogP contribution in [0, 0.1) is 5.92 Å². The van der Waals surface area contributed by atoms with Gasteiger partial charge in [0.2, 0.25) is 5.91 Å². The third-order valence-corrected chi connectivity index (χ3v) is 3.37.